The zero-order chi connectivity index (χ0) is 17.7. The summed E-state index contributed by atoms with van der Waals surface area (Å²) in [5.41, 5.74) is 8.52. The predicted octanol–water partition coefficient (Wildman–Crippen LogP) is 7.02. The molecule has 0 nitrogen and oxygen atoms in total. The standard InChI is InChI=1S/C26H24/c1-18-12-13-22-23(16-18)26(14-8-4-3-5-9-15-26)24-17-19(2)20-10-6-7-11-21(20)25(22)24/h4,6-13,15-17H,3,5,14H2,1-2H3. The summed E-state index contributed by atoms with van der Waals surface area (Å²) in [7, 11) is 0. The molecule has 128 valence electrons. The zero-order valence-corrected chi connectivity index (χ0v) is 15.5. The maximum Gasteiger partial charge on any atom is 0.0429 e. The molecule has 0 heterocycles. The van der Waals surface area contributed by atoms with Crippen molar-refractivity contribution in [3.63, 3.8) is 0 Å². The minimum atomic E-state index is -0.0254. The number of hydrogen-bond donors (Lipinski definition) is 0. The first-order valence-corrected chi connectivity index (χ1v) is 9.68. The van der Waals surface area contributed by atoms with Gasteiger partial charge in [-0.3, -0.25) is 0 Å². The first kappa shape index (κ1) is 15.6. The van der Waals surface area contributed by atoms with Crippen LogP contribution in [0.15, 0.2) is 72.8 Å². The molecule has 1 spiro atoms. The first-order chi connectivity index (χ1) is 12.7. The van der Waals surface area contributed by atoms with Gasteiger partial charge < -0.3 is 0 Å². The number of fused-ring (bicyclic) bond motifs is 7. The van der Waals surface area contributed by atoms with Gasteiger partial charge >= 0.3 is 0 Å². The second-order valence-corrected chi connectivity index (χ2v) is 7.84. The molecule has 3 aromatic rings. The van der Waals surface area contributed by atoms with Crippen molar-refractivity contribution in [3.05, 3.63) is 95.1 Å². The molecule has 2 aliphatic carbocycles. The average Bonchev–Trinajstić information content (AvgIpc) is 2.88. The van der Waals surface area contributed by atoms with Crippen molar-refractivity contribution in [1.82, 2.24) is 0 Å². The summed E-state index contributed by atoms with van der Waals surface area (Å²) in [5, 5.41) is 2.77. The molecule has 0 N–H and O–H groups in total. The lowest BCUT2D eigenvalue weighted by Gasteiger charge is -2.29. The maximum absolute atomic E-state index is 2.49. The van der Waals surface area contributed by atoms with Crippen LogP contribution < -0.4 is 0 Å². The topological polar surface area (TPSA) is 0 Å². The van der Waals surface area contributed by atoms with Crippen molar-refractivity contribution in [1.29, 1.82) is 0 Å². The van der Waals surface area contributed by atoms with Gasteiger partial charge in [-0.15, -0.1) is 0 Å². The quantitative estimate of drug-likeness (QED) is 0.387. The Kier molecular flexibility index (Phi) is 3.43. The number of benzene rings is 3. The molecule has 0 aliphatic heterocycles. The average molecular weight is 336 g/mol. The van der Waals surface area contributed by atoms with Gasteiger partial charge in [-0.2, -0.15) is 0 Å². The van der Waals surface area contributed by atoms with Gasteiger partial charge in [-0.05, 0) is 71.7 Å². The van der Waals surface area contributed by atoms with Gasteiger partial charge in [0.25, 0.3) is 0 Å². The van der Waals surface area contributed by atoms with E-state index in [1.807, 2.05) is 0 Å². The third-order valence-electron chi connectivity index (χ3n) is 6.17. The molecule has 5 rings (SSSR count). The molecule has 26 heavy (non-hydrogen) atoms. The molecule has 1 unspecified atom stereocenters. The SMILES string of the molecule is Cc1ccc2c(c1)C1(C=CCCC=CC1)c1cc(C)c3ccccc3c1-2. The lowest BCUT2D eigenvalue weighted by Crippen LogP contribution is -2.22. The maximum atomic E-state index is 2.49. The van der Waals surface area contributed by atoms with Crippen LogP contribution in [0.1, 0.15) is 41.5 Å². The van der Waals surface area contributed by atoms with Crippen molar-refractivity contribution in [2.45, 2.75) is 38.5 Å². The van der Waals surface area contributed by atoms with E-state index < -0.39 is 0 Å². The highest BCUT2D eigenvalue weighted by molar-refractivity contribution is 6.04. The molecule has 0 amide bonds. The first-order valence-electron chi connectivity index (χ1n) is 9.68. The summed E-state index contributed by atoms with van der Waals surface area (Å²) < 4.78 is 0. The van der Waals surface area contributed by atoms with E-state index in [1.54, 1.807) is 0 Å². The molecule has 0 saturated carbocycles. The van der Waals surface area contributed by atoms with Crippen molar-refractivity contribution < 1.29 is 0 Å². The van der Waals surface area contributed by atoms with Crippen molar-refractivity contribution in [2.24, 2.45) is 0 Å². The Balaban J connectivity index is 1.94. The van der Waals surface area contributed by atoms with Crippen LogP contribution in [-0.2, 0) is 5.41 Å². The van der Waals surface area contributed by atoms with Crippen LogP contribution in [0.2, 0.25) is 0 Å². The van der Waals surface area contributed by atoms with Gasteiger partial charge in [0.1, 0.15) is 0 Å². The van der Waals surface area contributed by atoms with Gasteiger partial charge in [0.15, 0.2) is 0 Å². The van der Waals surface area contributed by atoms with Crippen LogP contribution in [-0.4, -0.2) is 0 Å². The fraction of sp³-hybridized carbons (Fsp3) is 0.231. The van der Waals surface area contributed by atoms with Crippen molar-refractivity contribution in [3.8, 4) is 11.1 Å². The van der Waals surface area contributed by atoms with Gasteiger partial charge in [-0.25, -0.2) is 0 Å². The fourth-order valence-corrected chi connectivity index (χ4v) is 4.92. The third kappa shape index (κ3) is 2.08. The number of aryl methyl sites for hydroxylation is 2. The Hall–Kier alpha value is -2.60. The van der Waals surface area contributed by atoms with Gasteiger partial charge in [0.2, 0.25) is 0 Å². The molecule has 3 aromatic carbocycles. The normalized spacial score (nSPS) is 20.8. The van der Waals surface area contributed by atoms with Crippen molar-refractivity contribution in [2.75, 3.05) is 0 Å². The Morgan fingerprint density at radius 2 is 1.58 bits per heavy atom. The van der Waals surface area contributed by atoms with Gasteiger partial charge in [-0.1, -0.05) is 78.4 Å². The lowest BCUT2D eigenvalue weighted by molar-refractivity contribution is 0.662. The van der Waals surface area contributed by atoms with Crippen LogP contribution in [0.25, 0.3) is 21.9 Å². The number of hydrogen-bond acceptors (Lipinski definition) is 0. The smallest absolute Gasteiger partial charge is 0.0429 e. The lowest BCUT2D eigenvalue weighted by atomic mass is 9.73. The van der Waals surface area contributed by atoms with Crippen LogP contribution in [0.5, 0.6) is 0 Å². The highest BCUT2D eigenvalue weighted by atomic mass is 14.4. The Morgan fingerprint density at radius 1 is 0.769 bits per heavy atom. The van der Waals surface area contributed by atoms with Crippen molar-refractivity contribution >= 4 is 10.8 Å². The molecular weight excluding hydrogens is 312 g/mol. The Morgan fingerprint density at radius 3 is 2.46 bits per heavy atom. The summed E-state index contributed by atoms with van der Waals surface area (Å²) in [6.07, 6.45) is 13.0. The second-order valence-electron chi connectivity index (χ2n) is 7.84. The summed E-state index contributed by atoms with van der Waals surface area (Å²) in [4.78, 5) is 0. The zero-order valence-electron chi connectivity index (χ0n) is 15.5. The molecule has 2 aliphatic rings. The highest BCUT2D eigenvalue weighted by Crippen LogP contribution is 2.55. The number of rotatable bonds is 0. The minimum absolute atomic E-state index is 0.0254. The molecule has 0 heteroatoms. The van der Waals surface area contributed by atoms with Crippen LogP contribution in [0.3, 0.4) is 0 Å². The highest BCUT2D eigenvalue weighted by Gasteiger charge is 2.41. The van der Waals surface area contributed by atoms with E-state index in [0.717, 1.165) is 19.3 Å². The predicted molar refractivity (Wildman–Crippen MR) is 112 cm³/mol. The number of allylic oxidation sites excluding steroid dienone is 4. The largest absolute Gasteiger partial charge is 0.0882 e. The fourth-order valence-electron chi connectivity index (χ4n) is 4.92. The molecule has 0 radical (unpaired) electrons. The van der Waals surface area contributed by atoms with E-state index in [-0.39, 0.29) is 5.41 Å². The summed E-state index contributed by atoms with van der Waals surface area (Å²) in [6, 6.07) is 18.4. The van der Waals surface area contributed by atoms with Crippen LogP contribution in [0.4, 0.5) is 0 Å². The van der Waals surface area contributed by atoms with E-state index in [0.29, 0.717) is 0 Å². The third-order valence-corrected chi connectivity index (χ3v) is 6.17. The van der Waals surface area contributed by atoms with E-state index in [1.165, 1.54) is 44.2 Å². The Bertz CT molecular complexity index is 1080. The molecule has 1 atom stereocenters. The molecule has 0 saturated heterocycles. The molecule has 0 aromatic heterocycles. The molecule has 0 fully saturated rings. The van der Waals surface area contributed by atoms with Crippen LogP contribution in [0, 0.1) is 13.8 Å². The molecular formula is C26H24. The van der Waals surface area contributed by atoms with E-state index >= 15 is 0 Å². The monoisotopic (exact) mass is 336 g/mol. The second kappa shape index (κ2) is 5.71. The van der Waals surface area contributed by atoms with E-state index in [2.05, 4.69) is 86.7 Å². The van der Waals surface area contributed by atoms with E-state index in [9.17, 15) is 0 Å². The van der Waals surface area contributed by atoms with Gasteiger partial charge in [0, 0.05) is 5.41 Å². The van der Waals surface area contributed by atoms with E-state index in [4.69, 9.17) is 0 Å². The Labute approximate surface area is 155 Å². The van der Waals surface area contributed by atoms with Gasteiger partial charge in [0.05, 0.1) is 0 Å². The van der Waals surface area contributed by atoms with Crippen LogP contribution >= 0.6 is 0 Å². The minimum Gasteiger partial charge on any atom is -0.0882 e. The molecule has 0 bridgehead atoms. The summed E-state index contributed by atoms with van der Waals surface area (Å²) >= 11 is 0. The summed E-state index contributed by atoms with van der Waals surface area (Å²) in [5.74, 6) is 0. The summed E-state index contributed by atoms with van der Waals surface area (Å²) in [6.45, 7) is 4.47.